The topological polar surface area (TPSA) is 88.4 Å². The lowest BCUT2D eigenvalue weighted by Gasteiger charge is -2.18. The van der Waals surface area contributed by atoms with Crippen LogP contribution in [-0.4, -0.2) is 50.0 Å². The van der Waals surface area contributed by atoms with Gasteiger partial charge in [0.25, 0.3) is 5.91 Å². The molecule has 8 nitrogen and oxygen atoms in total. The molecular formula is C22H22N2O6S. The van der Waals surface area contributed by atoms with Crippen molar-refractivity contribution in [1.82, 2.24) is 4.57 Å². The molecule has 0 N–H and O–H groups in total. The van der Waals surface area contributed by atoms with E-state index in [1.807, 2.05) is 10.6 Å². The lowest BCUT2D eigenvalue weighted by atomic mass is 10.2. The average molecular weight is 442 g/mol. The van der Waals surface area contributed by atoms with Gasteiger partial charge in [-0.25, -0.2) is 4.79 Å². The molecule has 0 saturated heterocycles. The quantitative estimate of drug-likeness (QED) is 0.546. The van der Waals surface area contributed by atoms with Crippen LogP contribution < -0.4 is 14.3 Å². The molecule has 0 fully saturated rings. The van der Waals surface area contributed by atoms with Gasteiger partial charge in [0.05, 0.1) is 29.0 Å². The average Bonchev–Trinajstić information content (AvgIpc) is 3.13. The van der Waals surface area contributed by atoms with Crippen LogP contribution in [0.4, 0.5) is 0 Å². The zero-order valence-corrected chi connectivity index (χ0v) is 18.1. The molecule has 0 spiro atoms. The first-order valence-corrected chi connectivity index (χ1v) is 10.7. The molecule has 162 valence electrons. The van der Waals surface area contributed by atoms with Crippen LogP contribution in [-0.2, 0) is 16.0 Å². The number of aromatic nitrogens is 1. The fourth-order valence-electron chi connectivity index (χ4n) is 3.23. The van der Waals surface area contributed by atoms with Crippen molar-refractivity contribution < 1.29 is 28.5 Å². The number of fused-ring (bicyclic) bond motifs is 2. The smallest absolute Gasteiger partial charge is 0.338 e. The third-order valence-electron chi connectivity index (χ3n) is 4.70. The van der Waals surface area contributed by atoms with Crippen molar-refractivity contribution in [3.05, 3.63) is 52.3 Å². The van der Waals surface area contributed by atoms with Gasteiger partial charge in [-0.1, -0.05) is 11.3 Å². The molecule has 9 heteroatoms. The molecule has 2 aromatic carbocycles. The van der Waals surface area contributed by atoms with Crippen molar-refractivity contribution in [2.75, 3.05) is 33.5 Å². The summed E-state index contributed by atoms with van der Waals surface area (Å²) in [6.07, 6.45) is 0. The largest absolute Gasteiger partial charge is 0.486 e. The highest BCUT2D eigenvalue weighted by Crippen LogP contribution is 2.31. The number of nitrogens with zero attached hydrogens (tertiary/aromatic N) is 2. The molecule has 0 aliphatic carbocycles. The van der Waals surface area contributed by atoms with Crippen LogP contribution in [0.2, 0.25) is 0 Å². The summed E-state index contributed by atoms with van der Waals surface area (Å²) in [7, 11) is 1.62. The number of benzene rings is 2. The predicted molar refractivity (Wildman–Crippen MR) is 115 cm³/mol. The second-order valence-corrected chi connectivity index (χ2v) is 7.72. The zero-order valence-electron chi connectivity index (χ0n) is 17.3. The number of ether oxygens (including phenoxy) is 4. The molecular weight excluding hydrogens is 420 g/mol. The summed E-state index contributed by atoms with van der Waals surface area (Å²) < 4.78 is 24.1. The van der Waals surface area contributed by atoms with Crippen LogP contribution in [0.1, 0.15) is 27.6 Å². The number of carbonyl (C=O) groups excluding carboxylic acids is 2. The van der Waals surface area contributed by atoms with Gasteiger partial charge in [0.2, 0.25) is 0 Å². The Bertz CT molecular complexity index is 1200. The van der Waals surface area contributed by atoms with Gasteiger partial charge in [-0.3, -0.25) is 4.79 Å². The Kier molecular flexibility index (Phi) is 6.34. The lowest BCUT2D eigenvalue weighted by Crippen LogP contribution is -2.19. The fourth-order valence-corrected chi connectivity index (χ4v) is 4.32. The number of hydrogen-bond acceptors (Lipinski definition) is 7. The van der Waals surface area contributed by atoms with Gasteiger partial charge >= 0.3 is 5.97 Å². The number of rotatable bonds is 6. The Morgan fingerprint density at radius 2 is 1.87 bits per heavy atom. The standard InChI is InChI=1S/C22H22N2O6S/c1-3-28-21(26)15-4-6-16-19(13-15)31-22(24(16)8-9-27-2)23-20(25)14-5-7-17-18(12-14)30-11-10-29-17/h4-7,12-13H,3,8-11H2,1-2H3. The summed E-state index contributed by atoms with van der Waals surface area (Å²) in [6.45, 7) is 3.97. The molecule has 1 aromatic heterocycles. The maximum absolute atomic E-state index is 12.9. The van der Waals surface area contributed by atoms with Crippen molar-refractivity contribution >= 4 is 33.4 Å². The molecule has 31 heavy (non-hydrogen) atoms. The van der Waals surface area contributed by atoms with E-state index in [0.717, 1.165) is 10.2 Å². The van der Waals surface area contributed by atoms with Gasteiger partial charge < -0.3 is 23.5 Å². The minimum absolute atomic E-state index is 0.305. The van der Waals surface area contributed by atoms with E-state index >= 15 is 0 Å². The van der Waals surface area contributed by atoms with Gasteiger partial charge in [0.15, 0.2) is 16.3 Å². The van der Waals surface area contributed by atoms with Crippen molar-refractivity contribution in [2.45, 2.75) is 13.5 Å². The SMILES string of the molecule is CCOC(=O)c1ccc2c(c1)sc(=NC(=O)c1ccc3c(c1)OCCO3)n2CCOC. The number of carbonyl (C=O) groups is 2. The highest BCUT2D eigenvalue weighted by molar-refractivity contribution is 7.16. The summed E-state index contributed by atoms with van der Waals surface area (Å²) >= 11 is 1.33. The minimum atomic E-state index is -0.389. The van der Waals surface area contributed by atoms with Crippen molar-refractivity contribution in [2.24, 2.45) is 4.99 Å². The second-order valence-electron chi connectivity index (χ2n) is 6.71. The third-order valence-corrected chi connectivity index (χ3v) is 5.74. The van der Waals surface area contributed by atoms with Crippen LogP contribution in [0.3, 0.4) is 0 Å². The van der Waals surface area contributed by atoms with Crippen molar-refractivity contribution in [1.29, 1.82) is 0 Å². The van der Waals surface area contributed by atoms with E-state index < -0.39 is 0 Å². The molecule has 2 heterocycles. The monoisotopic (exact) mass is 442 g/mol. The molecule has 1 aliphatic heterocycles. The second kappa shape index (κ2) is 9.32. The number of thiazole rings is 1. The van der Waals surface area contributed by atoms with Crippen LogP contribution in [0.15, 0.2) is 41.4 Å². The molecule has 0 bridgehead atoms. The van der Waals surface area contributed by atoms with Gasteiger partial charge in [-0.05, 0) is 43.3 Å². The molecule has 0 unspecified atom stereocenters. The van der Waals surface area contributed by atoms with Crippen LogP contribution in [0.5, 0.6) is 11.5 Å². The van der Waals surface area contributed by atoms with E-state index in [9.17, 15) is 9.59 Å². The fraction of sp³-hybridized carbons (Fsp3) is 0.318. The van der Waals surface area contributed by atoms with E-state index in [0.29, 0.717) is 60.4 Å². The molecule has 1 amide bonds. The maximum atomic E-state index is 12.9. The maximum Gasteiger partial charge on any atom is 0.338 e. The molecule has 4 rings (SSSR count). The Morgan fingerprint density at radius 3 is 2.65 bits per heavy atom. The van der Waals surface area contributed by atoms with Gasteiger partial charge in [-0.2, -0.15) is 4.99 Å². The van der Waals surface area contributed by atoms with Gasteiger partial charge in [0, 0.05) is 19.2 Å². The van der Waals surface area contributed by atoms with Crippen molar-refractivity contribution in [3.63, 3.8) is 0 Å². The predicted octanol–water partition coefficient (Wildman–Crippen LogP) is 3.04. The Hall–Kier alpha value is -3.17. The summed E-state index contributed by atoms with van der Waals surface area (Å²) in [5, 5.41) is 0. The first-order valence-electron chi connectivity index (χ1n) is 9.89. The van der Waals surface area contributed by atoms with E-state index in [1.54, 1.807) is 44.4 Å². The first kappa shape index (κ1) is 21.1. The van der Waals surface area contributed by atoms with Gasteiger partial charge in [-0.15, -0.1) is 0 Å². The van der Waals surface area contributed by atoms with E-state index in [2.05, 4.69) is 4.99 Å². The Morgan fingerprint density at radius 1 is 1.10 bits per heavy atom. The summed E-state index contributed by atoms with van der Waals surface area (Å²) in [6, 6.07) is 10.3. The highest BCUT2D eigenvalue weighted by Gasteiger charge is 2.16. The zero-order chi connectivity index (χ0) is 21.8. The first-order chi connectivity index (χ1) is 15.1. The van der Waals surface area contributed by atoms with Crippen LogP contribution >= 0.6 is 11.3 Å². The third kappa shape index (κ3) is 4.47. The Labute approximate surface area is 182 Å². The molecule has 3 aromatic rings. The van der Waals surface area contributed by atoms with E-state index in [1.165, 1.54) is 11.3 Å². The van der Waals surface area contributed by atoms with E-state index in [4.69, 9.17) is 18.9 Å². The minimum Gasteiger partial charge on any atom is -0.486 e. The van der Waals surface area contributed by atoms with Gasteiger partial charge in [0.1, 0.15) is 13.2 Å². The highest BCUT2D eigenvalue weighted by atomic mass is 32.1. The Balaban J connectivity index is 1.74. The van der Waals surface area contributed by atoms with Crippen LogP contribution in [0, 0.1) is 0 Å². The molecule has 0 atom stereocenters. The number of hydrogen-bond donors (Lipinski definition) is 0. The lowest BCUT2D eigenvalue weighted by molar-refractivity contribution is 0.0526. The normalized spacial score (nSPS) is 13.4. The molecule has 0 saturated carbocycles. The summed E-state index contributed by atoms with van der Waals surface area (Å²) in [5.41, 5.74) is 1.73. The summed E-state index contributed by atoms with van der Waals surface area (Å²) in [5.74, 6) is 0.383. The van der Waals surface area contributed by atoms with Crippen LogP contribution in [0.25, 0.3) is 10.2 Å². The van der Waals surface area contributed by atoms with E-state index in [-0.39, 0.29) is 11.9 Å². The van der Waals surface area contributed by atoms with Crippen molar-refractivity contribution in [3.8, 4) is 11.5 Å². The number of amides is 1. The number of methoxy groups -OCH3 is 1. The summed E-state index contributed by atoms with van der Waals surface area (Å²) in [4.78, 5) is 29.9. The molecule has 1 aliphatic rings. The molecule has 0 radical (unpaired) electrons. The number of esters is 1.